The van der Waals surface area contributed by atoms with Gasteiger partial charge >= 0.3 is 11.9 Å². The summed E-state index contributed by atoms with van der Waals surface area (Å²) in [6.07, 6.45) is 9.82. The van der Waals surface area contributed by atoms with Crippen LogP contribution in [-0.2, 0) is 33.3 Å². The Morgan fingerprint density at radius 2 is 1.74 bits per heavy atom. The van der Waals surface area contributed by atoms with E-state index in [9.17, 15) is 14.7 Å². The Morgan fingerprint density at radius 3 is 2.48 bits per heavy atom. The van der Waals surface area contributed by atoms with Crippen molar-refractivity contribution in [2.45, 2.75) is 108 Å². The Balaban J connectivity index is 1.39. The van der Waals surface area contributed by atoms with E-state index in [0.29, 0.717) is 12.8 Å². The highest BCUT2D eigenvalue weighted by atomic mass is 16.7. The van der Waals surface area contributed by atoms with Crippen LogP contribution in [0, 0.1) is 33.0 Å². The summed E-state index contributed by atoms with van der Waals surface area (Å²) < 4.78 is 31.1. The van der Waals surface area contributed by atoms with E-state index in [4.69, 9.17) is 23.4 Å². The van der Waals surface area contributed by atoms with Gasteiger partial charge in [0.2, 0.25) is 0 Å². The number of ether oxygens (including phenoxy) is 4. The molecule has 10 atom stereocenters. The van der Waals surface area contributed by atoms with Gasteiger partial charge in [0.15, 0.2) is 11.9 Å². The Labute approximate surface area is 244 Å². The molecule has 9 nitrogen and oxygen atoms in total. The average Bonchev–Trinajstić information content (AvgIpc) is 3.47. The van der Waals surface area contributed by atoms with Crippen molar-refractivity contribution in [3.05, 3.63) is 36.3 Å². The third-order valence-electron chi connectivity index (χ3n) is 13.9. The lowest BCUT2D eigenvalue weighted by atomic mass is 9.29. The quantitative estimate of drug-likeness (QED) is 0.299. The van der Waals surface area contributed by atoms with E-state index in [0.717, 1.165) is 37.7 Å². The number of ketones is 1. The van der Waals surface area contributed by atoms with Crippen LogP contribution in [0.15, 0.2) is 35.2 Å². The minimum atomic E-state index is -1.40. The largest absolute Gasteiger partial charge is 0.472 e. The highest BCUT2D eigenvalue weighted by Gasteiger charge is 2.96. The fourth-order valence-electron chi connectivity index (χ4n) is 12.6. The fourth-order valence-corrected chi connectivity index (χ4v) is 12.6. The molecule has 5 aliphatic carbocycles. The first-order valence-corrected chi connectivity index (χ1v) is 15.7. The van der Waals surface area contributed by atoms with Crippen molar-refractivity contribution in [2.75, 3.05) is 6.61 Å². The minimum absolute atomic E-state index is 0.0400. The topological polar surface area (TPSA) is 125 Å². The number of aliphatic hydroxyl groups excluding tert-OH is 1. The van der Waals surface area contributed by atoms with Crippen LogP contribution in [0.5, 0.6) is 0 Å². The van der Waals surface area contributed by atoms with Crippen molar-refractivity contribution in [1.29, 1.82) is 0 Å². The van der Waals surface area contributed by atoms with Gasteiger partial charge in [-0.1, -0.05) is 38.3 Å². The molecule has 9 heteroatoms. The van der Waals surface area contributed by atoms with Gasteiger partial charge in [-0.05, 0) is 56.9 Å². The summed E-state index contributed by atoms with van der Waals surface area (Å²) in [5.74, 6) is -1.40. The summed E-state index contributed by atoms with van der Waals surface area (Å²) in [5, 5.41) is 12.9. The summed E-state index contributed by atoms with van der Waals surface area (Å²) in [7, 11) is 0. The number of cyclic esters (lactones) is 2. The second kappa shape index (κ2) is 7.41. The summed E-state index contributed by atoms with van der Waals surface area (Å²) in [6, 6.07) is 1.82. The number of fused-ring (bicyclic) bond motifs is 1. The minimum Gasteiger partial charge on any atom is -0.472 e. The van der Waals surface area contributed by atoms with Crippen molar-refractivity contribution in [3.8, 4) is 0 Å². The molecule has 5 heterocycles. The molecular weight excluding hydrogens is 540 g/mol. The van der Waals surface area contributed by atoms with Gasteiger partial charge in [0.25, 0.3) is 0 Å². The van der Waals surface area contributed by atoms with Crippen LogP contribution >= 0.6 is 0 Å². The van der Waals surface area contributed by atoms with E-state index in [1.54, 1.807) is 12.5 Å². The summed E-state index contributed by atoms with van der Waals surface area (Å²) in [6.45, 7) is 6.00. The van der Waals surface area contributed by atoms with Crippen molar-refractivity contribution in [3.63, 3.8) is 0 Å². The highest BCUT2D eigenvalue weighted by Crippen LogP contribution is 2.87. The number of carbonyl (C=O) groups is 3. The first-order valence-electron chi connectivity index (χ1n) is 15.7. The molecule has 0 radical (unpaired) electrons. The SMILES string of the molecule is CC1(C)OC2CC(=O)OCC23C2CCC4(C)C(c5ccoc5)OC(=O)C5OC54C24C(O)C(=O)C13C=CC41CCCCC1. The van der Waals surface area contributed by atoms with Crippen LogP contribution in [0.1, 0.15) is 83.8 Å². The van der Waals surface area contributed by atoms with E-state index < -0.39 is 68.7 Å². The molecule has 1 N–H and O–H groups in total. The van der Waals surface area contributed by atoms with Gasteiger partial charge < -0.3 is 28.5 Å². The molecule has 0 aromatic carbocycles. The number of epoxide rings is 1. The standard InChI is InChI=1S/C33H38O9/c1-27(2)31-13-12-29(9-5-4-6-10-29)32(23(36)22(31)35)19(30(31)17-39-21(34)15-20(30)41-27)7-11-28(3)24(18-8-14-38-16-18)40-26(37)25-33(28,32)42-25/h8,12-14,16,19-20,23-25,36H,4-7,9-11,15,17H2,1-3H3. The Hall–Kier alpha value is -2.49. The Morgan fingerprint density at radius 1 is 0.952 bits per heavy atom. The number of furan rings is 1. The number of esters is 2. The molecular formula is C33H38O9. The van der Waals surface area contributed by atoms with Gasteiger partial charge in [-0.15, -0.1) is 0 Å². The van der Waals surface area contributed by atoms with Crippen molar-refractivity contribution in [1.82, 2.24) is 0 Å². The molecule has 0 amide bonds. The number of aliphatic hydroxyl groups is 1. The van der Waals surface area contributed by atoms with Crippen LogP contribution in [0.2, 0.25) is 0 Å². The summed E-state index contributed by atoms with van der Waals surface area (Å²) >= 11 is 0. The molecule has 42 heavy (non-hydrogen) atoms. The second-order valence-corrected chi connectivity index (χ2v) is 15.1. The lowest BCUT2D eigenvalue weighted by molar-refractivity contribution is -0.292. The Bertz CT molecular complexity index is 1460. The first-order chi connectivity index (χ1) is 20.0. The third kappa shape index (κ3) is 2.27. The molecule has 1 aromatic rings. The smallest absolute Gasteiger partial charge is 0.339 e. The first kappa shape index (κ1) is 26.0. The molecule has 4 aliphatic heterocycles. The molecule has 10 rings (SSSR count). The van der Waals surface area contributed by atoms with E-state index >= 15 is 4.79 Å². The molecule has 1 aromatic heterocycles. The van der Waals surface area contributed by atoms with Gasteiger partial charge in [0.1, 0.15) is 24.4 Å². The number of carbonyl (C=O) groups excluding carboxylic acids is 3. The van der Waals surface area contributed by atoms with Gasteiger partial charge in [0, 0.05) is 16.4 Å². The second-order valence-electron chi connectivity index (χ2n) is 15.1. The molecule has 2 bridgehead atoms. The van der Waals surface area contributed by atoms with Gasteiger partial charge in [-0.25, -0.2) is 4.79 Å². The lowest BCUT2D eigenvalue weighted by Gasteiger charge is -2.72. The monoisotopic (exact) mass is 578 g/mol. The number of hydrogen-bond donors (Lipinski definition) is 1. The summed E-state index contributed by atoms with van der Waals surface area (Å²) in [5.41, 5.74) is -6.02. The van der Waals surface area contributed by atoms with E-state index in [2.05, 4.69) is 19.1 Å². The molecule has 5 spiro atoms. The molecule has 224 valence electrons. The maximum absolute atomic E-state index is 15.3. The average molecular weight is 579 g/mol. The maximum Gasteiger partial charge on any atom is 0.339 e. The van der Waals surface area contributed by atoms with Crippen LogP contribution < -0.4 is 0 Å². The van der Waals surface area contributed by atoms with Crippen LogP contribution in [-0.4, -0.2) is 58.9 Å². The normalized spacial score (nSPS) is 52.3. The van der Waals surface area contributed by atoms with Crippen molar-refractivity contribution in [2.24, 2.45) is 33.0 Å². The number of hydrogen-bond acceptors (Lipinski definition) is 9. The molecule has 9 aliphatic rings. The zero-order valence-electron chi connectivity index (χ0n) is 24.4. The van der Waals surface area contributed by atoms with Crippen molar-refractivity contribution >= 4 is 17.7 Å². The molecule has 10 unspecified atom stereocenters. The van der Waals surface area contributed by atoms with Crippen LogP contribution in [0.25, 0.3) is 0 Å². The predicted molar refractivity (Wildman–Crippen MR) is 143 cm³/mol. The highest BCUT2D eigenvalue weighted by molar-refractivity contribution is 5.98. The van der Waals surface area contributed by atoms with E-state index in [1.165, 1.54) is 0 Å². The fraction of sp³-hybridized carbons (Fsp3) is 0.727. The van der Waals surface area contributed by atoms with Crippen LogP contribution in [0.4, 0.5) is 0 Å². The van der Waals surface area contributed by atoms with E-state index in [-0.39, 0.29) is 30.7 Å². The summed E-state index contributed by atoms with van der Waals surface area (Å²) in [4.78, 5) is 41.9. The molecule has 4 saturated heterocycles. The van der Waals surface area contributed by atoms with Gasteiger partial charge in [-0.3, -0.25) is 9.59 Å². The molecule has 3 saturated carbocycles. The predicted octanol–water partition coefficient (Wildman–Crippen LogP) is 3.98. The third-order valence-corrected chi connectivity index (χ3v) is 13.9. The van der Waals surface area contributed by atoms with Crippen molar-refractivity contribution < 1.29 is 42.9 Å². The lowest BCUT2D eigenvalue weighted by Crippen LogP contribution is -2.82. The Kier molecular flexibility index (Phi) is 4.58. The van der Waals surface area contributed by atoms with Gasteiger partial charge in [0.05, 0.1) is 41.5 Å². The number of Topliss-reactive ketones (excluding diaryl/α,β-unsaturated/α-hetero) is 1. The zero-order chi connectivity index (χ0) is 29.1. The maximum atomic E-state index is 15.3. The van der Waals surface area contributed by atoms with E-state index in [1.807, 2.05) is 19.9 Å². The zero-order valence-corrected chi connectivity index (χ0v) is 24.4. The van der Waals surface area contributed by atoms with Crippen LogP contribution in [0.3, 0.4) is 0 Å². The number of allylic oxidation sites excluding steroid dienone is 1. The molecule has 7 fully saturated rings. The number of rotatable bonds is 1. The van der Waals surface area contributed by atoms with Gasteiger partial charge in [-0.2, -0.15) is 0 Å².